The average molecular weight is 296 g/mol. The third kappa shape index (κ3) is 3.72. The summed E-state index contributed by atoms with van der Waals surface area (Å²) in [7, 11) is -3.72. The van der Waals surface area contributed by atoms with Crippen molar-refractivity contribution in [3.63, 3.8) is 0 Å². The first kappa shape index (κ1) is 15.8. The molecule has 0 heterocycles. The van der Waals surface area contributed by atoms with Crippen LogP contribution in [0.3, 0.4) is 0 Å². The molecule has 0 aliphatic heterocycles. The Labute approximate surface area is 121 Å². The molecule has 20 heavy (non-hydrogen) atoms. The molecule has 3 nitrogen and oxygen atoms in total. The summed E-state index contributed by atoms with van der Waals surface area (Å²) in [6.07, 6.45) is 3.85. The second-order valence-electron chi connectivity index (χ2n) is 6.48. The lowest BCUT2D eigenvalue weighted by atomic mass is 9.75. The van der Waals surface area contributed by atoms with Gasteiger partial charge in [0.15, 0.2) is 0 Å². The summed E-state index contributed by atoms with van der Waals surface area (Å²) in [4.78, 5) is 10.2. The molecule has 4 heteroatoms. The van der Waals surface area contributed by atoms with Crippen molar-refractivity contribution in [1.29, 1.82) is 0 Å². The van der Waals surface area contributed by atoms with Gasteiger partial charge in [0.2, 0.25) is 0 Å². The van der Waals surface area contributed by atoms with E-state index in [-0.39, 0.29) is 0 Å². The van der Waals surface area contributed by atoms with Gasteiger partial charge in [-0.05, 0) is 56.6 Å². The Bertz CT molecular complexity index is 476. The predicted molar refractivity (Wildman–Crippen MR) is 82.2 cm³/mol. The van der Waals surface area contributed by atoms with Crippen LogP contribution >= 0.6 is 7.60 Å². The van der Waals surface area contributed by atoms with E-state index in [4.69, 9.17) is 4.52 Å². The maximum absolute atomic E-state index is 12.4. The van der Waals surface area contributed by atoms with Gasteiger partial charge in [-0.2, -0.15) is 0 Å². The third-order valence-electron chi connectivity index (χ3n) is 4.46. The van der Waals surface area contributed by atoms with Crippen LogP contribution in [0.2, 0.25) is 0 Å². The largest absolute Gasteiger partial charge is 0.359 e. The number of rotatable bonds is 4. The summed E-state index contributed by atoms with van der Waals surface area (Å²) >= 11 is 0. The molecule has 0 saturated heterocycles. The Hall–Kier alpha value is -0.630. The fraction of sp³-hybridized carbons (Fsp3) is 0.625. The molecule has 1 saturated carbocycles. The van der Waals surface area contributed by atoms with Crippen LogP contribution in [0.4, 0.5) is 0 Å². The lowest BCUT2D eigenvalue weighted by molar-refractivity contribution is 0.0188. The molecular formula is C16H25O3P. The molecule has 0 aromatic heterocycles. The molecule has 1 unspecified atom stereocenters. The molecule has 0 spiro atoms. The second kappa shape index (κ2) is 6.01. The topological polar surface area (TPSA) is 46.5 Å². The van der Waals surface area contributed by atoms with Gasteiger partial charge in [0, 0.05) is 0 Å². The Morgan fingerprint density at radius 1 is 1.25 bits per heavy atom. The Balaban J connectivity index is 2.05. The summed E-state index contributed by atoms with van der Waals surface area (Å²) in [6.45, 7) is 6.46. The predicted octanol–water partition coefficient (Wildman–Crippen LogP) is 4.12. The van der Waals surface area contributed by atoms with E-state index in [2.05, 4.69) is 13.8 Å². The van der Waals surface area contributed by atoms with Gasteiger partial charge >= 0.3 is 7.60 Å². The van der Waals surface area contributed by atoms with Crippen LogP contribution in [0, 0.1) is 11.8 Å². The Morgan fingerprint density at radius 3 is 2.30 bits per heavy atom. The lowest BCUT2D eigenvalue weighted by Crippen LogP contribution is -2.35. The number of hydrogen-bond acceptors (Lipinski definition) is 2. The number of benzene rings is 1. The van der Waals surface area contributed by atoms with Gasteiger partial charge in [-0.15, -0.1) is 0 Å². The summed E-state index contributed by atoms with van der Waals surface area (Å²) in [5, 5.41) is 0.382. The molecule has 0 bridgehead atoms. The Kier molecular flexibility index (Phi) is 4.73. The highest BCUT2D eigenvalue weighted by Gasteiger charge is 2.39. The van der Waals surface area contributed by atoms with E-state index in [9.17, 15) is 9.46 Å². The molecule has 1 N–H and O–H groups in total. The molecule has 1 atom stereocenters. The van der Waals surface area contributed by atoms with E-state index < -0.39 is 13.2 Å². The standard InChI is InChI=1S/C16H25O3P/c1-13(2)14-9-11-16(3,12-10-14)19-20(17,18)15-7-5-4-6-8-15/h4-8,13-14H,9-12H2,1-3H3,(H,17,18). The molecule has 1 aliphatic rings. The summed E-state index contributed by atoms with van der Waals surface area (Å²) in [5.74, 6) is 1.39. The minimum absolute atomic E-state index is 0.382. The zero-order valence-electron chi connectivity index (χ0n) is 12.6. The van der Waals surface area contributed by atoms with Gasteiger partial charge in [-0.25, -0.2) is 0 Å². The van der Waals surface area contributed by atoms with Crippen LogP contribution in [0.15, 0.2) is 30.3 Å². The molecular weight excluding hydrogens is 271 g/mol. The van der Waals surface area contributed by atoms with Gasteiger partial charge in [-0.1, -0.05) is 32.0 Å². The molecule has 2 rings (SSSR count). The summed E-state index contributed by atoms with van der Waals surface area (Å²) < 4.78 is 18.1. The van der Waals surface area contributed by atoms with Gasteiger partial charge in [-0.3, -0.25) is 9.09 Å². The zero-order chi connectivity index (χ0) is 14.8. The van der Waals surface area contributed by atoms with E-state index in [1.54, 1.807) is 24.3 Å². The van der Waals surface area contributed by atoms with E-state index in [1.807, 2.05) is 13.0 Å². The van der Waals surface area contributed by atoms with Crippen molar-refractivity contribution in [2.75, 3.05) is 0 Å². The van der Waals surface area contributed by atoms with Crippen LogP contribution in [0.1, 0.15) is 46.5 Å². The van der Waals surface area contributed by atoms with Crippen LogP contribution < -0.4 is 5.30 Å². The lowest BCUT2D eigenvalue weighted by Gasteiger charge is -2.39. The quantitative estimate of drug-likeness (QED) is 0.850. The monoisotopic (exact) mass is 296 g/mol. The fourth-order valence-electron chi connectivity index (χ4n) is 2.98. The Morgan fingerprint density at radius 2 is 1.80 bits per heavy atom. The third-order valence-corrected chi connectivity index (χ3v) is 6.10. The maximum atomic E-state index is 12.4. The molecule has 112 valence electrons. The SMILES string of the molecule is CC(C)C1CCC(C)(OP(=O)(O)c2ccccc2)CC1. The van der Waals surface area contributed by atoms with Crippen LogP contribution in [-0.4, -0.2) is 10.5 Å². The van der Waals surface area contributed by atoms with Crippen molar-refractivity contribution in [2.45, 2.75) is 52.1 Å². The van der Waals surface area contributed by atoms with E-state index >= 15 is 0 Å². The van der Waals surface area contributed by atoms with Gasteiger partial charge in [0.05, 0.1) is 10.9 Å². The van der Waals surface area contributed by atoms with E-state index in [0.717, 1.165) is 25.7 Å². The molecule has 1 fully saturated rings. The molecule has 1 aromatic rings. The van der Waals surface area contributed by atoms with Crippen LogP contribution in [0.5, 0.6) is 0 Å². The highest BCUT2D eigenvalue weighted by atomic mass is 31.2. The molecule has 0 amide bonds. The van der Waals surface area contributed by atoms with Crippen LogP contribution in [0.25, 0.3) is 0 Å². The van der Waals surface area contributed by atoms with Crippen molar-refractivity contribution in [2.24, 2.45) is 11.8 Å². The van der Waals surface area contributed by atoms with E-state index in [0.29, 0.717) is 17.1 Å². The molecule has 1 aromatic carbocycles. The van der Waals surface area contributed by atoms with Gasteiger partial charge in [0.1, 0.15) is 0 Å². The normalized spacial score (nSPS) is 30.1. The van der Waals surface area contributed by atoms with Crippen molar-refractivity contribution in [1.82, 2.24) is 0 Å². The average Bonchev–Trinajstić information content (AvgIpc) is 2.39. The van der Waals surface area contributed by atoms with Crippen molar-refractivity contribution < 1.29 is 14.0 Å². The zero-order valence-corrected chi connectivity index (χ0v) is 13.5. The number of hydrogen-bond donors (Lipinski definition) is 1. The van der Waals surface area contributed by atoms with Gasteiger partial charge < -0.3 is 4.89 Å². The maximum Gasteiger partial charge on any atom is 0.359 e. The highest BCUT2D eigenvalue weighted by Crippen LogP contribution is 2.50. The molecule has 0 radical (unpaired) electrons. The minimum Gasteiger partial charge on any atom is -0.321 e. The molecule has 1 aliphatic carbocycles. The highest BCUT2D eigenvalue weighted by molar-refractivity contribution is 7.61. The summed E-state index contributed by atoms with van der Waals surface area (Å²) in [6, 6.07) is 8.67. The minimum atomic E-state index is -3.72. The van der Waals surface area contributed by atoms with Crippen molar-refractivity contribution in [3.8, 4) is 0 Å². The van der Waals surface area contributed by atoms with Crippen LogP contribution in [-0.2, 0) is 9.09 Å². The first-order valence-corrected chi connectivity index (χ1v) is 8.99. The van der Waals surface area contributed by atoms with Gasteiger partial charge in [0.25, 0.3) is 0 Å². The van der Waals surface area contributed by atoms with Crippen molar-refractivity contribution >= 4 is 12.9 Å². The first-order chi connectivity index (χ1) is 9.32. The first-order valence-electron chi connectivity index (χ1n) is 7.42. The summed E-state index contributed by atoms with van der Waals surface area (Å²) in [5.41, 5.74) is -0.481. The smallest absolute Gasteiger partial charge is 0.321 e. The fourth-order valence-corrected chi connectivity index (χ4v) is 4.41. The van der Waals surface area contributed by atoms with Crippen molar-refractivity contribution in [3.05, 3.63) is 30.3 Å². The van der Waals surface area contributed by atoms with E-state index in [1.165, 1.54) is 0 Å². The second-order valence-corrected chi connectivity index (χ2v) is 8.22.